The number of benzene rings is 1. The summed E-state index contributed by atoms with van der Waals surface area (Å²) in [6.45, 7) is 3.08. The van der Waals surface area contributed by atoms with Crippen molar-refractivity contribution in [1.29, 1.82) is 0 Å². The fourth-order valence-electron chi connectivity index (χ4n) is 2.83. The van der Waals surface area contributed by atoms with Gasteiger partial charge in [-0.1, -0.05) is 0 Å². The van der Waals surface area contributed by atoms with Gasteiger partial charge in [-0.15, -0.1) is 0 Å². The third-order valence-corrected chi connectivity index (χ3v) is 5.93. The number of rotatable bonds is 4. The van der Waals surface area contributed by atoms with E-state index in [0.29, 0.717) is 6.42 Å². The van der Waals surface area contributed by atoms with Crippen LogP contribution in [0.2, 0.25) is 0 Å². The molecule has 1 atom stereocenters. The van der Waals surface area contributed by atoms with Crippen LogP contribution >= 0.6 is 0 Å². The molecule has 0 aromatic heterocycles. The smallest absolute Gasteiger partial charge is 0.322 e. The zero-order chi connectivity index (χ0) is 16.7. The summed E-state index contributed by atoms with van der Waals surface area (Å²) >= 11 is 0. The van der Waals surface area contributed by atoms with Gasteiger partial charge in [-0.3, -0.25) is 14.9 Å². The summed E-state index contributed by atoms with van der Waals surface area (Å²) in [4.78, 5) is 21.4. The Balaban J connectivity index is 2.55. The number of nitro benzene ring substituents is 1. The molecular weight excluding hydrogens is 312 g/mol. The van der Waals surface area contributed by atoms with Gasteiger partial charge in [0, 0.05) is 18.7 Å². The van der Waals surface area contributed by atoms with Crippen molar-refractivity contribution in [1.82, 2.24) is 4.31 Å². The number of nitrogens with zero attached hydrogens (tertiary/aromatic N) is 2. The Hall–Kier alpha value is -2.00. The lowest BCUT2D eigenvalue weighted by molar-refractivity contribution is -0.385. The van der Waals surface area contributed by atoms with E-state index in [1.54, 1.807) is 0 Å². The summed E-state index contributed by atoms with van der Waals surface area (Å²) < 4.78 is 26.5. The average molecular weight is 328 g/mol. The number of aryl methyl sites for hydroxylation is 2. The highest BCUT2D eigenvalue weighted by atomic mass is 32.2. The lowest BCUT2D eigenvalue weighted by Gasteiger charge is -2.23. The number of hydrogen-bond donors (Lipinski definition) is 1. The van der Waals surface area contributed by atoms with Crippen molar-refractivity contribution in [2.24, 2.45) is 0 Å². The predicted molar refractivity (Wildman–Crippen MR) is 77.1 cm³/mol. The minimum atomic E-state index is -4.01. The van der Waals surface area contributed by atoms with Crippen molar-refractivity contribution in [3.8, 4) is 0 Å². The highest BCUT2D eigenvalue weighted by molar-refractivity contribution is 7.89. The van der Waals surface area contributed by atoms with E-state index in [9.17, 15) is 23.3 Å². The number of hydrogen-bond acceptors (Lipinski definition) is 5. The van der Waals surface area contributed by atoms with Crippen molar-refractivity contribution in [3.05, 3.63) is 33.4 Å². The minimum absolute atomic E-state index is 0.0498. The SMILES string of the molecule is Cc1cc([N+](=O)[O-])cc(C)c1S(=O)(=O)N1CCC[C@@H]1C(=O)O. The van der Waals surface area contributed by atoms with Gasteiger partial charge in [-0.05, 0) is 37.8 Å². The molecule has 0 bridgehead atoms. The molecule has 0 unspecified atom stereocenters. The van der Waals surface area contributed by atoms with Gasteiger partial charge in [0.2, 0.25) is 10.0 Å². The van der Waals surface area contributed by atoms with Gasteiger partial charge in [0.05, 0.1) is 9.82 Å². The molecule has 1 aliphatic rings. The van der Waals surface area contributed by atoms with Crippen molar-refractivity contribution in [3.63, 3.8) is 0 Å². The zero-order valence-corrected chi connectivity index (χ0v) is 13.0. The number of aliphatic carboxylic acids is 1. The van der Waals surface area contributed by atoms with Crippen LogP contribution < -0.4 is 0 Å². The zero-order valence-electron chi connectivity index (χ0n) is 12.1. The molecule has 1 heterocycles. The summed E-state index contributed by atoms with van der Waals surface area (Å²) in [6.07, 6.45) is 0.737. The minimum Gasteiger partial charge on any atom is -0.480 e. The van der Waals surface area contributed by atoms with Crippen molar-refractivity contribution >= 4 is 21.7 Å². The first-order valence-corrected chi connectivity index (χ1v) is 8.10. The first-order valence-electron chi connectivity index (χ1n) is 6.66. The quantitative estimate of drug-likeness (QED) is 0.660. The van der Waals surface area contributed by atoms with E-state index in [0.717, 1.165) is 4.31 Å². The Kier molecular flexibility index (Phi) is 4.21. The van der Waals surface area contributed by atoms with Crippen LogP contribution in [-0.2, 0) is 14.8 Å². The van der Waals surface area contributed by atoms with Gasteiger partial charge < -0.3 is 5.11 Å². The second kappa shape index (κ2) is 5.65. The molecular formula is C13H16N2O6S. The van der Waals surface area contributed by atoms with E-state index in [1.165, 1.54) is 26.0 Å². The molecule has 0 spiro atoms. The Morgan fingerprint density at radius 3 is 2.36 bits per heavy atom. The maximum absolute atomic E-state index is 12.8. The van der Waals surface area contributed by atoms with Crippen LogP contribution in [0.5, 0.6) is 0 Å². The number of carbonyl (C=O) groups is 1. The Morgan fingerprint density at radius 2 is 1.91 bits per heavy atom. The third-order valence-electron chi connectivity index (χ3n) is 3.71. The monoisotopic (exact) mass is 328 g/mol. The van der Waals surface area contributed by atoms with Crippen LogP contribution in [0.4, 0.5) is 5.69 Å². The number of non-ortho nitro benzene ring substituents is 1. The second-order valence-corrected chi connectivity index (χ2v) is 7.11. The van der Waals surface area contributed by atoms with Gasteiger partial charge in [0.1, 0.15) is 6.04 Å². The molecule has 9 heteroatoms. The largest absolute Gasteiger partial charge is 0.480 e. The lowest BCUT2D eigenvalue weighted by Crippen LogP contribution is -2.40. The molecule has 0 aliphatic carbocycles. The van der Waals surface area contributed by atoms with E-state index in [-0.39, 0.29) is 34.7 Å². The van der Waals surface area contributed by atoms with E-state index >= 15 is 0 Å². The predicted octanol–water partition coefficient (Wildman–Crippen LogP) is 1.45. The number of carboxylic acids is 1. The highest BCUT2D eigenvalue weighted by Gasteiger charge is 2.40. The number of carboxylic acid groups (broad SMARTS) is 1. The molecule has 0 saturated carbocycles. The summed E-state index contributed by atoms with van der Waals surface area (Å²) in [6, 6.07) is 1.29. The van der Waals surface area contributed by atoms with Gasteiger partial charge >= 0.3 is 5.97 Å². The molecule has 1 aromatic rings. The third kappa shape index (κ3) is 2.69. The van der Waals surface area contributed by atoms with E-state index in [4.69, 9.17) is 5.11 Å². The maximum atomic E-state index is 12.8. The lowest BCUT2D eigenvalue weighted by atomic mass is 10.1. The summed E-state index contributed by atoms with van der Waals surface area (Å²) in [5.41, 5.74) is 0.288. The number of nitro groups is 1. The molecule has 0 amide bonds. The van der Waals surface area contributed by atoms with Crippen LogP contribution in [0.25, 0.3) is 0 Å². The number of sulfonamides is 1. The Morgan fingerprint density at radius 1 is 1.36 bits per heavy atom. The molecule has 0 radical (unpaired) electrons. The highest BCUT2D eigenvalue weighted by Crippen LogP contribution is 2.32. The first kappa shape index (κ1) is 16.4. The molecule has 1 fully saturated rings. The Bertz CT molecular complexity index is 720. The van der Waals surface area contributed by atoms with Crippen LogP contribution in [-0.4, -0.2) is 41.3 Å². The van der Waals surface area contributed by atoms with E-state index < -0.39 is 27.0 Å². The summed E-state index contributed by atoms with van der Waals surface area (Å²) in [5, 5.41) is 20.0. The summed E-state index contributed by atoms with van der Waals surface area (Å²) in [5.74, 6) is -1.18. The van der Waals surface area contributed by atoms with Gasteiger partial charge in [0.15, 0.2) is 0 Å². The fraction of sp³-hybridized carbons (Fsp3) is 0.462. The standard InChI is InChI=1S/C13H16N2O6S/c1-8-6-10(15(18)19)7-9(2)12(8)22(20,21)14-5-3-4-11(14)13(16)17/h6-7,11H,3-5H2,1-2H3,(H,16,17)/t11-/m1/s1. The molecule has 1 aliphatic heterocycles. The average Bonchev–Trinajstić information content (AvgIpc) is 2.87. The molecule has 22 heavy (non-hydrogen) atoms. The molecule has 2 rings (SSSR count). The molecule has 1 N–H and O–H groups in total. The molecule has 1 aromatic carbocycles. The van der Waals surface area contributed by atoms with E-state index in [1.807, 2.05) is 0 Å². The summed E-state index contributed by atoms with van der Waals surface area (Å²) in [7, 11) is -4.01. The van der Waals surface area contributed by atoms with Crippen LogP contribution in [0.3, 0.4) is 0 Å². The van der Waals surface area contributed by atoms with Crippen molar-refractivity contribution in [2.75, 3.05) is 6.54 Å². The normalized spacial score (nSPS) is 19.3. The second-order valence-electron chi connectivity index (χ2n) is 5.28. The van der Waals surface area contributed by atoms with E-state index in [2.05, 4.69) is 0 Å². The Labute approximate surface area is 127 Å². The molecule has 8 nitrogen and oxygen atoms in total. The van der Waals surface area contributed by atoms with Crippen LogP contribution in [0.15, 0.2) is 17.0 Å². The van der Waals surface area contributed by atoms with Crippen molar-refractivity contribution in [2.45, 2.75) is 37.6 Å². The van der Waals surface area contributed by atoms with Crippen molar-refractivity contribution < 1.29 is 23.2 Å². The van der Waals surface area contributed by atoms with Crippen LogP contribution in [0, 0.1) is 24.0 Å². The maximum Gasteiger partial charge on any atom is 0.322 e. The molecule has 120 valence electrons. The van der Waals surface area contributed by atoms with Gasteiger partial charge in [-0.25, -0.2) is 8.42 Å². The first-order chi connectivity index (χ1) is 10.2. The topological polar surface area (TPSA) is 118 Å². The molecule has 1 saturated heterocycles. The fourth-order valence-corrected chi connectivity index (χ4v) is 4.90. The van der Waals surface area contributed by atoms with Gasteiger partial charge in [0.25, 0.3) is 5.69 Å². The van der Waals surface area contributed by atoms with Gasteiger partial charge in [-0.2, -0.15) is 4.31 Å². The van der Waals surface area contributed by atoms with Crippen LogP contribution in [0.1, 0.15) is 24.0 Å².